The SMILES string of the molecule is CCOc1ccccc1NC(=O)CSc1ccc(NC(=O)c2cccc(OC)c2)cc1. The first kappa shape index (κ1) is 22.2. The summed E-state index contributed by atoms with van der Waals surface area (Å²) in [6.45, 7) is 2.43. The number of amides is 2. The lowest BCUT2D eigenvalue weighted by Crippen LogP contribution is -2.15. The van der Waals surface area contributed by atoms with Gasteiger partial charge in [-0.25, -0.2) is 0 Å². The number of hydrogen-bond acceptors (Lipinski definition) is 5. The molecule has 0 radical (unpaired) electrons. The Kier molecular flexibility index (Phi) is 7.95. The van der Waals surface area contributed by atoms with Crippen LogP contribution in [0.25, 0.3) is 0 Å². The normalized spacial score (nSPS) is 10.3. The summed E-state index contributed by atoms with van der Waals surface area (Å²) >= 11 is 1.41. The molecule has 3 rings (SSSR count). The summed E-state index contributed by atoms with van der Waals surface area (Å²) in [6, 6.07) is 21.7. The van der Waals surface area contributed by atoms with Gasteiger partial charge in [0.05, 0.1) is 25.2 Å². The van der Waals surface area contributed by atoms with Crippen LogP contribution in [0.3, 0.4) is 0 Å². The van der Waals surface area contributed by atoms with Crippen molar-refractivity contribution >= 4 is 35.0 Å². The summed E-state index contributed by atoms with van der Waals surface area (Å²) in [5, 5.41) is 5.73. The molecule has 31 heavy (non-hydrogen) atoms. The highest BCUT2D eigenvalue weighted by Gasteiger charge is 2.09. The third-order valence-corrected chi connectivity index (χ3v) is 5.29. The van der Waals surface area contributed by atoms with E-state index in [1.807, 2.05) is 55.5 Å². The van der Waals surface area contributed by atoms with Gasteiger partial charge < -0.3 is 20.1 Å². The van der Waals surface area contributed by atoms with E-state index < -0.39 is 0 Å². The maximum atomic E-state index is 12.4. The second-order valence-electron chi connectivity index (χ2n) is 6.48. The molecule has 0 spiro atoms. The van der Waals surface area contributed by atoms with Crippen LogP contribution in [-0.2, 0) is 4.79 Å². The Labute approximate surface area is 186 Å². The van der Waals surface area contributed by atoms with Crippen LogP contribution in [0.15, 0.2) is 77.7 Å². The maximum Gasteiger partial charge on any atom is 0.255 e. The number of nitrogens with one attached hydrogen (secondary N) is 2. The first-order valence-electron chi connectivity index (χ1n) is 9.79. The Morgan fingerprint density at radius 3 is 2.45 bits per heavy atom. The van der Waals surface area contributed by atoms with E-state index in [2.05, 4.69) is 10.6 Å². The van der Waals surface area contributed by atoms with E-state index in [1.54, 1.807) is 31.4 Å². The second kappa shape index (κ2) is 11.1. The highest BCUT2D eigenvalue weighted by molar-refractivity contribution is 8.00. The quantitative estimate of drug-likeness (QED) is 0.458. The molecule has 0 bridgehead atoms. The highest BCUT2D eigenvalue weighted by atomic mass is 32.2. The molecule has 3 aromatic rings. The lowest BCUT2D eigenvalue weighted by Gasteiger charge is -2.11. The van der Waals surface area contributed by atoms with Gasteiger partial charge in [0.15, 0.2) is 0 Å². The number of anilines is 2. The molecule has 2 N–H and O–H groups in total. The lowest BCUT2D eigenvalue weighted by molar-refractivity contribution is -0.113. The monoisotopic (exact) mass is 436 g/mol. The van der Waals surface area contributed by atoms with E-state index >= 15 is 0 Å². The molecular formula is C24H24N2O4S. The first-order chi connectivity index (χ1) is 15.1. The largest absolute Gasteiger partial charge is 0.497 e. The number of carbonyl (C=O) groups is 2. The molecule has 0 aliphatic carbocycles. The number of benzene rings is 3. The van der Waals surface area contributed by atoms with Crippen molar-refractivity contribution in [3.8, 4) is 11.5 Å². The van der Waals surface area contributed by atoms with Crippen molar-refractivity contribution in [2.45, 2.75) is 11.8 Å². The third-order valence-electron chi connectivity index (χ3n) is 4.28. The molecule has 0 atom stereocenters. The predicted molar refractivity (Wildman–Crippen MR) is 124 cm³/mol. The van der Waals surface area contributed by atoms with Gasteiger partial charge >= 0.3 is 0 Å². The average molecular weight is 437 g/mol. The van der Waals surface area contributed by atoms with Crippen molar-refractivity contribution in [1.82, 2.24) is 0 Å². The molecule has 3 aromatic carbocycles. The zero-order chi connectivity index (χ0) is 22.1. The van der Waals surface area contributed by atoms with Gasteiger partial charge in [0.2, 0.25) is 5.91 Å². The molecular weight excluding hydrogens is 412 g/mol. The molecule has 0 saturated heterocycles. The van der Waals surface area contributed by atoms with E-state index in [-0.39, 0.29) is 17.6 Å². The summed E-state index contributed by atoms with van der Waals surface area (Å²) in [6.07, 6.45) is 0. The summed E-state index contributed by atoms with van der Waals surface area (Å²) in [7, 11) is 1.56. The summed E-state index contributed by atoms with van der Waals surface area (Å²) < 4.78 is 10.7. The molecule has 0 fully saturated rings. The van der Waals surface area contributed by atoms with Crippen LogP contribution in [0, 0.1) is 0 Å². The molecule has 0 saturated carbocycles. The van der Waals surface area contributed by atoms with Crippen LogP contribution in [0.5, 0.6) is 11.5 Å². The first-order valence-corrected chi connectivity index (χ1v) is 10.8. The van der Waals surface area contributed by atoms with Crippen molar-refractivity contribution in [3.63, 3.8) is 0 Å². The van der Waals surface area contributed by atoms with E-state index in [4.69, 9.17) is 9.47 Å². The Balaban J connectivity index is 1.52. The minimum Gasteiger partial charge on any atom is -0.497 e. The maximum absolute atomic E-state index is 12.4. The second-order valence-corrected chi connectivity index (χ2v) is 7.53. The Morgan fingerprint density at radius 1 is 0.935 bits per heavy atom. The Hall–Kier alpha value is -3.45. The van der Waals surface area contributed by atoms with Crippen molar-refractivity contribution in [2.24, 2.45) is 0 Å². The van der Waals surface area contributed by atoms with E-state index in [9.17, 15) is 9.59 Å². The van der Waals surface area contributed by atoms with Crippen molar-refractivity contribution in [1.29, 1.82) is 0 Å². The molecule has 160 valence electrons. The van der Waals surface area contributed by atoms with Gasteiger partial charge in [0, 0.05) is 16.1 Å². The van der Waals surface area contributed by atoms with Crippen LogP contribution in [0.2, 0.25) is 0 Å². The Bertz CT molecular complexity index is 1040. The van der Waals surface area contributed by atoms with Gasteiger partial charge in [-0.3, -0.25) is 9.59 Å². The van der Waals surface area contributed by atoms with Gasteiger partial charge in [0.25, 0.3) is 5.91 Å². The molecule has 0 heterocycles. The van der Waals surface area contributed by atoms with Gasteiger partial charge in [-0.2, -0.15) is 0 Å². The van der Waals surface area contributed by atoms with Crippen LogP contribution in [0.1, 0.15) is 17.3 Å². The van der Waals surface area contributed by atoms with E-state index in [0.29, 0.717) is 35.0 Å². The fraction of sp³-hybridized carbons (Fsp3) is 0.167. The lowest BCUT2D eigenvalue weighted by atomic mass is 10.2. The van der Waals surface area contributed by atoms with E-state index in [0.717, 1.165) is 4.90 Å². The molecule has 2 amide bonds. The summed E-state index contributed by atoms with van der Waals surface area (Å²) in [5.74, 6) is 1.20. The van der Waals surface area contributed by atoms with Crippen LogP contribution in [-0.4, -0.2) is 31.3 Å². The van der Waals surface area contributed by atoms with E-state index in [1.165, 1.54) is 11.8 Å². The Morgan fingerprint density at radius 2 is 1.71 bits per heavy atom. The smallest absolute Gasteiger partial charge is 0.255 e. The van der Waals surface area contributed by atoms with Crippen LogP contribution < -0.4 is 20.1 Å². The van der Waals surface area contributed by atoms with Gasteiger partial charge in [0.1, 0.15) is 11.5 Å². The fourth-order valence-electron chi connectivity index (χ4n) is 2.79. The third kappa shape index (κ3) is 6.52. The summed E-state index contributed by atoms with van der Waals surface area (Å²) in [5.41, 5.74) is 1.85. The predicted octanol–water partition coefficient (Wildman–Crippen LogP) is 5.08. The molecule has 7 heteroatoms. The molecule has 0 aliphatic rings. The number of thioether (sulfide) groups is 1. The molecule has 6 nitrogen and oxygen atoms in total. The molecule has 0 aliphatic heterocycles. The minimum absolute atomic E-state index is 0.118. The standard InChI is InChI=1S/C24H24N2O4S/c1-3-30-22-10-5-4-9-21(22)26-23(27)16-31-20-13-11-18(12-14-20)25-24(28)17-7-6-8-19(15-17)29-2/h4-15H,3,16H2,1-2H3,(H,25,28)(H,26,27). The topological polar surface area (TPSA) is 76.7 Å². The van der Waals surface area contributed by atoms with Crippen LogP contribution in [0.4, 0.5) is 11.4 Å². The van der Waals surface area contributed by atoms with Crippen molar-refractivity contribution in [2.75, 3.05) is 30.1 Å². The zero-order valence-corrected chi connectivity index (χ0v) is 18.2. The number of ether oxygens (including phenoxy) is 2. The molecule has 0 unspecified atom stereocenters. The number of rotatable bonds is 9. The summed E-state index contributed by atoms with van der Waals surface area (Å²) in [4.78, 5) is 25.6. The zero-order valence-electron chi connectivity index (χ0n) is 17.4. The van der Waals surface area contributed by atoms with Gasteiger partial charge in [-0.1, -0.05) is 18.2 Å². The number of carbonyl (C=O) groups excluding carboxylic acids is 2. The fourth-order valence-corrected chi connectivity index (χ4v) is 3.49. The van der Waals surface area contributed by atoms with Crippen molar-refractivity contribution in [3.05, 3.63) is 78.4 Å². The minimum atomic E-state index is -0.216. The highest BCUT2D eigenvalue weighted by Crippen LogP contribution is 2.25. The molecule has 0 aromatic heterocycles. The van der Waals surface area contributed by atoms with Gasteiger partial charge in [-0.05, 0) is 61.5 Å². The average Bonchev–Trinajstić information content (AvgIpc) is 2.80. The number of hydrogen-bond donors (Lipinski definition) is 2. The van der Waals surface area contributed by atoms with Gasteiger partial charge in [-0.15, -0.1) is 11.8 Å². The number of methoxy groups -OCH3 is 1. The van der Waals surface area contributed by atoms with Crippen molar-refractivity contribution < 1.29 is 19.1 Å². The van der Waals surface area contributed by atoms with Crippen LogP contribution >= 0.6 is 11.8 Å². The number of para-hydroxylation sites is 2.